The highest BCUT2D eigenvalue weighted by molar-refractivity contribution is 5.52. The summed E-state index contributed by atoms with van der Waals surface area (Å²) in [6.45, 7) is 2.72. The highest BCUT2D eigenvalue weighted by atomic mass is 16.5. The Hall–Kier alpha value is -1.96. The lowest BCUT2D eigenvalue weighted by atomic mass is 10.1. The zero-order chi connectivity index (χ0) is 11.7. The topological polar surface area (TPSA) is 23.3 Å². The van der Waals surface area contributed by atoms with Crippen LogP contribution in [0.1, 0.15) is 18.5 Å². The predicted molar refractivity (Wildman–Crippen MR) is 68.4 cm³/mol. The van der Waals surface area contributed by atoms with Gasteiger partial charge in [0.25, 0.3) is 0 Å². The number of hydrogen-bond acceptors (Lipinski definition) is 1. The average molecular weight is 224 g/mol. The van der Waals surface area contributed by atoms with Crippen LogP contribution in [0.2, 0.25) is 0 Å². The van der Waals surface area contributed by atoms with Gasteiger partial charge in [0, 0.05) is 5.88 Å². The quantitative estimate of drug-likeness (QED) is 0.710. The molecule has 0 spiro atoms. The van der Waals surface area contributed by atoms with Crippen molar-refractivity contribution in [2.75, 3.05) is 6.61 Å². The molecule has 1 aromatic carbocycles. The molecule has 2 aliphatic rings. The van der Waals surface area contributed by atoms with Crippen LogP contribution in [-0.2, 0) is 4.74 Å². The maximum Gasteiger partial charge on any atom is 0.0764 e. The first-order valence-corrected chi connectivity index (χ1v) is 5.83. The lowest BCUT2D eigenvalue weighted by Gasteiger charge is -2.22. The minimum absolute atomic E-state index is 0.139. The highest BCUT2D eigenvalue weighted by Gasteiger charge is 2.14. The van der Waals surface area contributed by atoms with Gasteiger partial charge in [0.05, 0.1) is 6.61 Å². The maximum absolute atomic E-state index is 5.70. The van der Waals surface area contributed by atoms with Crippen molar-refractivity contribution >= 4 is 0 Å². The normalized spacial score (nSPS) is 26.6. The van der Waals surface area contributed by atoms with Crippen molar-refractivity contribution in [3.8, 4) is 0 Å². The number of hydrogen-bond donors (Lipinski definition) is 0. The average Bonchev–Trinajstić information content (AvgIpc) is 2.98. The minimum atomic E-state index is 0.139. The van der Waals surface area contributed by atoms with Gasteiger partial charge in [-0.15, -0.1) is 0 Å². The van der Waals surface area contributed by atoms with E-state index in [0.717, 1.165) is 11.5 Å². The molecule has 1 aromatic rings. The second-order valence-electron chi connectivity index (χ2n) is 4.29. The van der Waals surface area contributed by atoms with Crippen molar-refractivity contribution in [2.45, 2.75) is 13.0 Å². The van der Waals surface area contributed by atoms with E-state index < -0.39 is 0 Å². The third-order valence-electron chi connectivity index (χ3n) is 3.10. The molecule has 1 aliphatic carbocycles. The second kappa shape index (κ2) is 4.13. The van der Waals surface area contributed by atoms with Crippen molar-refractivity contribution < 1.29 is 4.74 Å². The van der Waals surface area contributed by atoms with Crippen LogP contribution in [0.15, 0.2) is 65.6 Å². The summed E-state index contributed by atoms with van der Waals surface area (Å²) in [7, 11) is 0. The molecule has 1 fully saturated rings. The molecular weight excluding hydrogens is 210 g/mol. The predicted octanol–water partition coefficient (Wildman–Crippen LogP) is 3.86. The van der Waals surface area contributed by atoms with E-state index in [2.05, 4.69) is 36.5 Å². The zero-order valence-corrected chi connectivity index (χ0v) is 9.76. The number of ether oxygens (including phenoxy) is 1. The third-order valence-corrected chi connectivity index (χ3v) is 3.10. The van der Waals surface area contributed by atoms with E-state index in [1.807, 2.05) is 24.3 Å². The van der Waals surface area contributed by atoms with E-state index in [1.54, 1.807) is 0 Å². The Balaban J connectivity index is 1.84. The molecule has 0 bridgehead atoms. The van der Waals surface area contributed by atoms with E-state index in [9.17, 15) is 0 Å². The molecule has 0 radical (unpaired) electrons. The number of nitrogens with zero attached hydrogens (tertiary/aromatic N) is 1. The fraction of sp³-hybridized carbons (Fsp3) is 0.200. The summed E-state index contributed by atoms with van der Waals surface area (Å²) < 4.78 is 5.70. The first-order chi connectivity index (χ1) is 8.34. The van der Waals surface area contributed by atoms with Crippen molar-refractivity contribution in [3.05, 3.63) is 76.5 Å². The SMILES string of the molecule is CC1=CC=C/C1=C1/[N-][C@@H](c2ccccc2)CO1. The van der Waals surface area contributed by atoms with E-state index in [1.165, 1.54) is 11.1 Å². The minimum Gasteiger partial charge on any atom is -0.645 e. The molecule has 0 saturated carbocycles. The summed E-state index contributed by atoms with van der Waals surface area (Å²) in [4.78, 5) is 0. The largest absolute Gasteiger partial charge is 0.645 e. The molecule has 1 saturated heterocycles. The van der Waals surface area contributed by atoms with Crippen LogP contribution in [0.25, 0.3) is 5.32 Å². The summed E-state index contributed by atoms with van der Waals surface area (Å²) >= 11 is 0. The fourth-order valence-corrected chi connectivity index (χ4v) is 2.12. The van der Waals surface area contributed by atoms with Gasteiger partial charge in [-0.2, -0.15) is 0 Å². The molecule has 0 N–H and O–H groups in total. The molecule has 0 aromatic heterocycles. The number of benzene rings is 1. The zero-order valence-electron chi connectivity index (χ0n) is 9.76. The maximum atomic E-state index is 5.70. The molecule has 0 amide bonds. The molecule has 1 atom stereocenters. The van der Waals surface area contributed by atoms with Gasteiger partial charge in [-0.05, 0) is 18.1 Å². The number of rotatable bonds is 1. The van der Waals surface area contributed by atoms with Crippen molar-refractivity contribution in [2.24, 2.45) is 0 Å². The van der Waals surface area contributed by atoms with Gasteiger partial charge in [-0.25, -0.2) is 0 Å². The molecule has 0 unspecified atom stereocenters. The molecule has 86 valence electrons. The Bertz CT molecular complexity index is 511. The van der Waals surface area contributed by atoms with Gasteiger partial charge in [0.1, 0.15) is 0 Å². The summed E-state index contributed by atoms with van der Waals surface area (Å²) in [6.07, 6.45) is 6.17. The Morgan fingerprint density at radius 2 is 2.06 bits per heavy atom. The Morgan fingerprint density at radius 3 is 2.76 bits per heavy atom. The van der Waals surface area contributed by atoms with E-state index >= 15 is 0 Å². The Labute approximate surface area is 101 Å². The van der Waals surface area contributed by atoms with E-state index in [4.69, 9.17) is 4.74 Å². The van der Waals surface area contributed by atoms with Crippen LogP contribution in [0, 0.1) is 0 Å². The Morgan fingerprint density at radius 1 is 1.24 bits per heavy atom. The standard InChI is InChI=1S/C15H14NO/c1-11-6-5-9-13(11)15-16-14(10-17-15)12-7-3-2-4-8-12/h2-9,14H,10H2,1H3/q-1/b15-13+/t14-/m1/s1. The first kappa shape index (κ1) is 10.2. The lowest BCUT2D eigenvalue weighted by molar-refractivity contribution is 0.255. The fourth-order valence-electron chi connectivity index (χ4n) is 2.12. The summed E-state index contributed by atoms with van der Waals surface area (Å²) in [6, 6.07) is 10.4. The van der Waals surface area contributed by atoms with Gasteiger partial charge in [-0.3, -0.25) is 0 Å². The van der Waals surface area contributed by atoms with Crippen LogP contribution in [0.4, 0.5) is 0 Å². The third kappa shape index (κ3) is 1.86. The first-order valence-electron chi connectivity index (χ1n) is 5.83. The molecular formula is C15H14NO-. The summed E-state index contributed by atoms with van der Waals surface area (Å²) in [5.74, 6) is 0.779. The molecule has 2 nitrogen and oxygen atoms in total. The van der Waals surface area contributed by atoms with Gasteiger partial charge < -0.3 is 10.1 Å². The van der Waals surface area contributed by atoms with Crippen LogP contribution in [-0.4, -0.2) is 6.61 Å². The smallest absolute Gasteiger partial charge is 0.0764 e. The highest BCUT2D eigenvalue weighted by Crippen LogP contribution is 2.38. The van der Waals surface area contributed by atoms with Crippen molar-refractivity contribution in [1.82, 2.24) is 0 Å². The second-order valence-corrected chi connectivity index (χ2v) is 4.29. The van der Waals surface area contributed by atoms with E-state index in [0.29, 0.717) is 6.61 Å². The monoisotopic (exact) mass is 224 g/mol. The van der Waals surface area contributed by atoms with Gasteiger partial charge >= 0.3 is 0 Å². The summed E-state index contributed by atoms with van der Waals surface area (Å²) in [5, 5.41) is 4.66. The molecule has 1 heterocycles. The van der Waals surface area contributed by atoms with Gasteiger partial charge in [0.2, 0.25) is 0 Å². The molecule has 17 heavy (non-hydrogen) atoms. The Kier molecular flexibility index (Phi) is 2.48. The van der Waals surface area contributed by atoms with Crippen LogP contribution in [0.3, 0.4) is 0 Å². The lowest BCUT2D eigenvalue weighted by Crippen LogP contribution is -1.94. The molecule has 3 rings (SSSR count). The van der Waals surface area contributed by atoms with Crippen LogP contribution < -0.4 is 0 Å². The van der Waals surface area contributed by atoms with Gasteiger partial charge in [-0.1, -0.05) is 60.2 Å². The summed E-state index contributed by atoms with van der Waals surface area (Å²) in [5.41, 5.74) is 3.55. The van der Waals surface area contributed by atoms with Crippen LogP contribution in [0.5, 0.6) is 0 Å². The number of allylic oxidation sites excluding steroid dienone is 5. The van der Waals surface area contributed by atoms with Crippen molar-refractivity contribution in [3.63, 3.8) is 0 Å². The van der Waals surface area contributed by atoms with E-state index in [-0.39, 0.29) is 6.04 Å². The van der Waals surface area contributed by atoms with Crippen LogP contribution >= 0.6 is 0 Å². The van der Waals surface area contributed by atoms with Crippen molar-refractivity contribution in [1.29, 1.82) is 0 Å². The molecule has 1 aliphatic heterocycles. The van der Waals surface area contributed by atoms with Gasteiger partial charge in [0.15, 0.2) is 0 Å². The molecule has 2 heteroatoms.